The van der Waals surface area contributed by atoms with Gasteiger partial charge in [0.25, 0.3) is 5.22 Å². The van der Waals surface area contributed by atoms with Crippen LogP contribution in [-0.4, -0.2) is 32.7 Å². The van der Waals surface area contributed by atoms with E-state index in [1.165, 1.54) is 18.3 Å². The maximum Gasteiger partial charge on any atom is 0.277 e. The van der Waals surface area contributed by atoms with Crippen molar-refractivity contribution in [3.8, 4) is 11.5 Å². The molecule has 0 aliphatic rings. The second-order valence-corrected chi connectivity index (χ2v) is 6.63. The molecule has 2 amide bonds. The van der Waals surface area contributed by atoms with Crippen molar-refractivity contribution in [1.82, 2.24) is 15.2 Å². The lowest BCUT2D eigenvalue weighted by Gasteiger charge is -2.02. The van der Waals surface area contributed by atoms with Gasteiger partial charge in [0.05, 0.1) is 5.75 Å². The Bertz CT molecular complexity index is 879. The minimum atomic E-state index is -0.202. The summed E-state index contributed by atoms with van der Waals surface area (Å²) in [5, 5.41) is 15.9. The SMILES string of the molecule is CC(=O)Nc1cccc(-c2nnc(SCC(=O)Nc3nccs3)o2)c1. The van der Waals surface area contributed by atoms with Gasteiger partial charge in [0.2, 0.25) is 17.7 Å². The highest BCUT2D eigenvalue weighted by Crippen LogP contribution is 2.25. The van der Waals surface area contributed by atoms with Gasteiger partial charge in [-0.25, -0.2) is 4.98 Å². The van der Waals surface area contributed by atoms with Crippen LogP contribution in [0.2, 0.25) is 0 Å². The van der Waals surface area contributed by atoms with E-state index in [9.17, 15) is 9.59 Å². The van der Waals surface area contributed by atoms with Crippen molar-refractivity contribution in [2.75, 3.05) is 16.4 Å². The topological polar surface area (TPSA) is 110 Å². The number of nitrogens with zero attached hydrogens (tertiary/aromatic N) is 3. The van der Waals surface area contributed by atoms with Crippen LogP contribution in [0.25, 0.3) is 11.5 Å². The first kappa shape index (κ1) is 17.1. The minimum Gasteiger partial charge on any atom is -0.411 e. The van der Waals surface area contributed by atoms with Crippen LogP contribution in [0.3, 0.4) is 0 Å². The number of hydrogen-bond acceptors (Lipinski definition) is 8. The largest absolute Gasteiger partial charge is 0.411 e. The van der Waals surface area contributed by atoms with Gasteiger partial charge in [-0.2, -0.15) is 0 Å². The summed E-state index contributed by atoms with van der Waals surface area (Å²) in [4.78, 5) is 26.9. The number of benzene rings is 1. The van der Waals surface area contributed by atoms with E-state index >= 15 is 0 Å². The summed E-state index contributed by atoms with van der Waals surface area (Å²) in [5.41, 5.74) is 1.32. The fourth-order valence-electron chi connectivity index (χ4n) is 1.89. The van der Waals surface area contributed by atoms with E-state index in [1.54, 1.807) is 35.8 Å². The van der Waals surface area contributed by atoms with Gasteiger partial charge in [-0.3, -0.25) is 9.59 Å². The third-order valence-corrected chi connectivity index (χ3v) is 4.35. The molecule has 8 nitrogen and oxygen atoms in total. The third kappa shape index (κ3) is 4.88. The monoisotopic (exact) mass is 375 g/mol. The molecule has 0 bridgehead atoms. The van der Waals surface area contributed by atoms with Gasteiger partial charge in [-0.1, -0.05) is 17.8 Å². The zero-order chi connectivity index (χ0) is 17.6. The van der Waals surface area contributed by atoms with Crippen LogP contribution in [0.1, 0.15) is 6.92 Å². The van der Waals surface area contributed by atoms with E-state index in [1.807, 2.05) is 0 Å². The first-order valence-corrected chi connectivity index (χ1v) is 9.00. The fourth-order valence-corrected chi connectivity index (χ4v) is 2.99. The Morgan fingerprint density at radius 3 is 2.92 bits per heavy atom. The van der Waals surface area contributed by atoms with Crippen molar-refractivity contribution in [3.63, 3.8) is 0 Å². The molecule has 0 saturated carbocycles. The summed E-state index contributed by atoms with van der Waals surface area (Å²) in [6.45, 7) is 1.44. The van der Waals surface area contributed by atoms with Gasteiger partial charge in [-0.05, 0) is 18.2 Å². The molecular formula is C15H13N5O3S2. The molecule has 0 atom stereocenters. The number of aromatic nitrogens is 3. The highest BCUT2D eigenvalue weighted by Gasteiger charge is 2.12. The summed E-state index contributed by atoms with van der Waals surface area (Å²) in [5.74, 6) is 0.0835. The third-order valence-electron chi connectivity index (χ3n) is 2.84. The molecule has 25 heavy (non-hydrogen) atoms. The number of anilines is 2. The predicted molar refractivity (Wildman–Crippen MR) is 95.5 cm³/mol. The van der Waals surface area contributed by atoms with E-state index in [0.717, 1.165) is 11.8 Å². The normalized spacial score (nSPS) is 10.4. The number of hydrogen-bond donors (Lipinski definition) is 2. The van der Waals surface area contributed by atoms with Gasteiger partial charge in [0, 0.05) is 29.8 Å². The Morgan fingerprint density at radius 1 is 1.28 bits per heavy atom. The lowest BCUT2D eigenvalue weighted by molar-refractivity contribution is -0.114. The summed E-state index contributed by atoms with van der Waals surface area (Å²) in [7, 11) is 0. The number of thioether (sulfide) groups is 1. The predicted octanol–water partition coefficient (Wildman–Crippen LogP) is 2.88. The van der Waals surface area contributed by atoms with Gasteiger partial charge in [-0.15, -0.1) is 21.5 Å². The maximum absolute atomic E-state index is 11.8. The number of carbonyl (C=O) groups excluding carboxylic acids is 2. The van der Waals surface area contributed by atoms with Crippen LogP contribution >= 0.6 is 23.1 Å². The molecule has 10 heteroatoms. The molecule has 0 unspecified atom stereocenters. The average molecular weight is 375 g/mol. The Kier molecular flexibility index (Phi) is 5.41. The molecule has 2 heterocycles. The molecular weight excluding hydrogens is 362 g/mol. The van der Waals surface area contributed by atoms with E-state index in [-0.39, 0.29) is 22.8 Å². The first-order chi connectivity index (χ1) is 12.1. The number of rotatable bonds is 6. The molecule has 0 aliphatic heterocycles. The molecule has 0 fully saturated rings. The molecule has 0 saturated heterocycles. The van der Waals surface area contributed by atoms with E-state index in [4.69, 9.17) is 4.42 Å². The fraction of sp³-hybridized carbons (Fsp3) is 0.133. The molecule has 3 rings (SSSR count). The van der Waals surface area contributed by atoms with Crippen LogP contribution in [0, 0.1) is 0 Å². The second-order valence-electron chi connectivity index (χ2n) is 4.81. The minimum absolute atomic E-state index is 0.132. The van der Waals surface area contributed by atoms with Gasteiger partial charge >= 0.3 is 0 Å². The summed E-state index contributed by atoms with van der Waals surface area (Å²) < 4.78 is 5.55. The maximum atomic E-state index is 11.8. The molecule has 0 spiro atoms. The smallest absolute Gasteiger partial charge is 0.277 e. The lowest BCUT2D eigenvalue weighted by Crippen LogP contribution is -2.13. The first-order valence-electron chi connectivity index (χ1n) is 7.14. The molecule has 2 aromatic heterocycles. The second kappa shape index (κ2) is 7.90. The Balaban J connectivity index is 1.60. The molecule has 0 aliphatic carbocycles. The average Bonchev–Trinajstić information content (AvgIpc) is 3.24. The molecule has 3 aromatic rings. The summed E-state index contributed by atoms with van der Waals surface area (Å²) in [6, 6.07) is 7.07. The van der Waals surface area contributed by atoms with Crippen LogP contribution in [-0.2, 0) is 9.59 Å². The van der Waals surface area contributed by atoms with Crippen molar-refractivity contribution < 1.29 is 14.0 Å². The van der Waals surface area contributed by atoms with Crippen molar-refractivity contribution >= 4 is 45.7 Å². The highest BCUT2D eigenvalue weighted by molar-refractivity contribution is 7.99. The zero-order valence-corrected chi connectivity index (χ0v) is 14.7. The van der Waals surface area contributed by atoms with E-state index < -0.39 is 0 Å². The number of thiazole rings is 1. The van der Waals surface area contributed by atoms with Crippen LogP contribution < -0.4 is 10.6 Å². The highest BCUT2D eigenvalue weighted by atomic mass is 32.2. The van der Waals surface area contributed by atoms with Crippen LogP contribution in [0.15, 0.2) is 45.5 Å². The van der Waals surface area contributed by atoms with Gasteiger partial charge < -0.3 is 15.1 Å². The van der Waals surface area contributed by atoms with Gasteiger partial charge in [0.15, 0.2) is 5.13 Å². The van der Waals surface area contributed by atoms with Crippen LogP contribution in [0.4, 0.5) is 10.8 Å². The summed E-state index contributed by atoms with van der Waals surface area (Å²) in [6.07, 6.45) is 1.62. The Morgan fingerprint density at radius 2 is 2.16 bits per heavy atom. The van der Waals surface area contributed by atoms with Crippen LogP contribution in [0.5, 0.6) is 0 Å². The van der Waals surface area contributed by atoms with Crippen molar-refractivity contribution in [3.05, 3.63) is 35.8 Å². The molecule has 0 radical (unpaired) electrons. The van der Waals surface area contributed by atoms with Crippen molar-refractivity contribution in [2.45, 2.75) is 12.1 Å². The number of carbonyl (C=O) groups is 2. The number of amides is 2. The number of nitrogens with one attached hydrogen (secondary N) is 2. The molecule has 1 aromatic carbocycles. The Labute approximate surface area is 151 Å². The van der Waals surface area contributed by atoms with Crippen molar-refractivity contribution in [2.24, 2.45) is 0 Å². The Hall–Kier alpha value is -2.72. The van der Waals surface area contributed by atoms with E-state index in [2.05, 4.69) is 25.8 Å². The standard InChI is InChI=1S/C15H13N5O3S2/c1-9(21)17-11-4-2-3-10(7-11)13-19-20-15(23-13)25-8-12(22)18-14-16-5-6-24-14/h2-7H,8H2,1H3,(H,17,21)(H,16,18,22). The van der Waals surface area contributed by atoms with E-state index in [0.29, 0.717) is 22.3 Å². The molecule has 128 valence electrons. The molecule has 2 N–H and O–H groups in total. The zero-order valence-electron chi connectivity index (χ0n) is 13.1. The van der Waals surface area contributed by atoms with Gasteiger partial charge in [0.1, 0.15) is 0 Å². The quantitative estimate of drug-likeness (QED) is 0.637. The summed E-state index contributed by atoms with van der Waals surface area (Å²) >= 11 is 2.48. The lowest BCUT2D eigenvalue weighted by atomic mass is 10.2. The van der Waals surface area contributed by atoms with Crippen molar-refractivity contribution in [1.29, 1.82) is 0 Å².